The van der Waals surface area contributed by atoms with Crippen molar-refractivity contribution in [2.45, 2.75) is 19.0 Å². The molecule has 0 spiro atoms. The molecule has 108 valence electrons. The summed E-state index contributed by atoms with van der Waals surface area (Å²) in [6.07, 6.45) is -4.01. The third-order valence-corrected chi connectivity index (χ3v) is 3.27. The number of halogens is 4. The summed E-state index contributed by atoms with van der Waals surface area (Å²) in [5.41, 5.74) is -0.531. The molecule has 1 aliphatic heterocycles. The van der Waals surface area contributed by atoms with E-state index >= 15 is 0 Å². The summed E-state index contributed by atoms with van der Waals surface area (Å²) in [6, 6.07) is 1.24. The van der Waals surface area contributed by atoms with Crippen molar-refractivity contribution in [1.82, 2.24) is 4.90 Å². The number of hydrogen-bond acceptors (Lipinski definition) is 3. The molecule has 3 nitrogen and oxygen atoms in total. The number of likely N-dealkylation sites (N-methyl/N-ethyl adjacent to an activating group) is 1. The zero-order valence-electron chi connectivity index (χ0n) is 10.3. The Morgan fingerprint density at radius 1 is 1.16 bits per heavy atom. The van der Waals surface area contributed by atoms with Gasteiger partial charge in [-0.25, -0.2) is 0 Å². The van der Waals surface area contributed by atoms with Gasteiger partial charge in [-0.3, -0.25) is 0 Å². The molecule has 1 heterocycles. The van der Waals surface area contributed by atoms with E-state index in [1.54, 1.807) is 0 Å². The minimum atomic E-state index is -4.66. The SMILES string of the molecule is Br.CN1CCc2cc(O)c(O)c(C(F)(F)F)c2CC1. The molecule has 0 atom stereocenters. The fourth-order valence-electron chi connectivity index (χ4n) is 2.29. The van der Waals surface area contributed by atoms with Gasteiger partial charge in [0.15, 0.2) is 11.5 Å². The minimum Gasteiger partial charge on any atom is -0.504 e. The van der Waals surface area contributed by atoms with Crippen LogP contribution in [0.5, 0.6) is 11.5 Å². The molecule has 0 aromatic heterocycles. The maximum Gasteiger partial charge on any atom is 0.420 e. The molecule has 2 N–H and O–H groups in total. The van der Waals surface area contributed by atoms with Crippen LogP contribution in [0.4, 0.5) is 13.2 Å². The maximum absolute atomic E-state index is 13.0. The number of phenolic OH excluding ortho intramolecular Hbond substituents is 2. The summed E-state index contributed by atoms with van der Waals surface area (Å²) in [7, 11) is 1.83. The van der Waals surface area contributed by atoms with Crippen molar-refractivity contribution >= 4 is 17.0 Å². The minimum absolute atomic E-state index is 0. The fourth-order valence-corrected chi connectivity index (χ4v) is 2.29. The van der Waals surface area contributed by atoms with Gasteiger partial charge in [0, 0.05) is 13.1 Å². The van der Waals surface area contributed by atoms with Gasteiger partial charge in [0.2, 0.25) is 0 Å². The molecule has 7 heteroatoms. The highest BCUT2D eigenvalue weighted by Gasteiger charge is 2.39. The molecule has 1 aromatic carbocycles. The topological polar surface area (TPSA) is 43.7 Å². The van der Waals surface area contributed by atoms with E-state index in [-0.39, 0.29) is 29.0 Å². The van der Waals surface area contributed by atoms with Crippen LogP contribution in [0, 0.1) is 0 Å². The van der Waals surface area contributed by atoms with E-state index in [4.69, 9.17) is 0 Å². The van der Waals surface area contributed by atoms with Gasteiger partial charge in [-0.1, -0.05) is 0 Å². The number of nitrogens with zero attached hydrogens (tertiary/aromatic N) is 1. The maximum atomic E-state index is 13.0. The smallest absolute Gasteiger partial charge is 0.420 e. The van der Waals surface area contributed by atoms with Crippen LogP contribution in [0.1, 0.15) is 16.7 Å². The lowest BCUT2D eigenvalue weighted by molar-refractivity contribution is -0.139. The molecule has 0 fully saturated rings. The van der Waals surface area contributed by atoms with E-state index in [9.17, 15) is 23.4 Å². The first kappa shape index (κ1) is 16.1. The molecule has 19 heavy (non-hydrogen) atoms. The van der Waals surface area contributed by atoms with Gasteiger partial charge in [-0.2, -0.15) is 13.2 Å². The third-order valence-electron chi connectivity index (χ3n) is 3.27. The first-order valence-electron chi connectivity index (χ1n) is 5.63. The van der Waals surface area contributed by atoms with E-state index in [0.29, 0.717) is 25.1 Å². The third kappa shape index (κ3) is 3.14. The van der Waals surface area contributed by atoms with Crippen molar-refractivity contribution in [3.05, 3.63) is 22.8 Å². The van der Waals surface area contributed by atoms with Gasteiger partial charge in [0.1, 0.15) is 5.56 Å². The Hall–Kier alpha value is -0.950. The van der Waals surface area contributed by atoms with E-state index in [2.05, 4.69) is 0 Å². The number of rotatable bonds is 0. The first-order chi connectivity index (χ1) is 8.30. The van der Waals surface area contributed by atoms with Crippen molar-refractivity contribution in [2.75, 3.05) is 20.1 Å². The predicted octanol–water partition coefficient (Wildman–Crippen LogP) is 2.72. The van der Waals surface area contributed by atoms with Gasteiger partial charge in [-0.05, 0) is 37.1 Å². The second kappa shape index (κ2) is 5.58. The average molecular weight is 342 g/mol. The van der Waals surface area contributed by atoms with Crippen LogP contribution in [-0.2, 0) is 19.0 Å². The zero-order valence-corrected chi connectivity index (χ0v) is 12.0. The first-order valence-corrected chi connectivity index (χ1v) is 5.63. The van der Waals surface area contributed by atoms with Crippen molar-refractivity contribution in [3.63, 3.8) is 0 Å². The van der Waals surface area contributed by atoms with E-state index in [1.807, 2.05) is 11.9 Å². The molecule has 2 rings (SSSR count). The van der Waals surface area contributed by atoms with Crippen LogP contribution < -0.4 is 0 Å². The molecule has 0 radical (unpaired) electrons. The Kier molecular flexibility index (Phi) is 4.73. The summed E-state index contributed by atoms with van der Waals surface area (Å²) >= 11 is 0. The van der Waals surface area contributed by atoms with Crippen LogP contribution in [0.15, 0.2) is 6.07 Å². The van der Waals surface area contributed by atoms with E-state index in [1.165, 1.54) is 6.07 Å². The highest BCUT2D eigenvalue weighted by Crippen LogP contribution is 2.44. The Bertz CT molecular complexity index is 477. The number of aromatic hydroxyl groups is 2. The number of phenols is 2. The molecule has 0 unspecified atom stereocenters. The standard InChI is InChI=1S/C12H14F3NO2.BrH/c1-16-4-2-7-6-9(17)11(18)10(12(13,14)15)8(7)3-5-16;/h6,17-18H,2-5H2,1H3;1H. The lowest BCUT2D eigenvalue weighted by atomic mass is 9.95. The number of benzene rings is 1. The van der Waals surface area contributed by atoms with Gasteiger partial charge in [-0.15, -0.1) is 17.0 Å². The van der Waals surface area contributed by atoms with Crippen LogP contribution in [0.3, 0.4) is 0 Å². The second-order valence-corrected chi connectivity index (χ2v) is 4.56. The van der Waals surface area contributed by atoms with E-state index < -0.39 is 23.2 Å². The molecule has 1 aromatic rings. The van der Waals surface area contributed by atoms with Crippen LogP contribution in [0.25, 0.3) is 0 Å². The summed E-state index contributed by atoms with van der Waals surface area (Å²) in [5.74, 6) is -1.77. The summed E-state index contributed by atoms with van der Waals surface area (Å²) < 4.78 is 38.9. The van der Waals surface area contributed by atoms with Gasteiger partial charge in [0.25, 0.3) is 0 Å². The summed E-state index contributed by atoms with van der Waals surface area (Å²) in [5, 5.41) is 18.9. The summed E-state index contributed by atoms with van der Waals surface area (Å²) in [4.78, 5) is 1.92. The van der Waals surface area contributed by atoms with E-state index in [0.717, 1.165) is 0 Å². The zero-order chi connectivity index (χ0) is 13.5. The largest absolute Gasteiger partial charge is 0.504 e. The van der Waals surface area contributed by atoms with Gasteiger partial charge in [0.05, 0.1) is 0 Å². The normalized spacial score (nSPS) is 16.4. The van der Waals surface area contributed by atoms with Gasteiger partial charge >= 0.3 is 6.18 Å². The Balaban J connectivity index is 0.00000180. The Labute approximate surface area is 119 Å². The lowest BCUT2D eigenvalue weighted by Crippen LogP contribution is -2.21. The average Bonchev–Trinajstić information content (AvgIpc) is 2.41. The highest BCUT2D eigenvalue weighted by molar-refractivity contribution is 8.93. The van der Waals surface area contributed by atoms with Crippen molar-refractivity contribution in [3.8, 4) is 11.5 Å². The molecule has 0 amide bonds. The van der Waals surface area contributed by atoms with Crippen LogP contribution >= 0.6 is 17.0 Å². The van der Waals surface area contributed by atoms with Crippen LogP contribution in [-0.4, -0.2) is 35.3 Å². The Morgan fingerprint density at radius 2 is 1.74 bits per heavy atom. The molecule has 0 saturated carbocycles. The molecular formula is C12H15BrF3NO2. The van der Waals surface area contributed by atoms with Crippen LogP contribution in [0.2, 0.25) is 0 Å². The lowest BCUT2D eigenvalue weighted by Gasteiger charge is -2.17. The quantitative estimate of drug-likeness (QED) is 0.713. The molecular weight excluding hydrogens is 327 g/mol. The van der Waals surface area contributed by atoms with Crippen molar-refractivity contribution in [1.29, 1.82) is 0 Å². The van der Waals surface area contributed by atoms with Crippen molar-refractivity contribution < 1.29 is 23.4 Å². The fraction of sp³-hybridized carbons (Fsp3) is 0.500. The molecule has 0 bridgehead atoms. The molecule has 1 aliphatic rings. The number of fused-ring (bicyclic) bond motifs is 1. The number of hydrogen-bond donors (Lipinski definition) is 2. The number of alkyl halides is 3. The summed E-state index contributed by atoms with van der Waals surface area (Å²) in [6.45, 7) is 1.13. The monoisotopic (exact) mass is 341 g/mol. The second-order valence-electron chi connectivity index (χ2n) is 4.56. The van der Waals surface area contributed by atoms with Gasteiger partial charge < -0.3 is 15.1 Å². The predicted molar refractivity (Wildman–Crippen MR) is 70.0 cm³/mol. The van der Waals surface area contributed by atoms with Crippen molar-refractivity contribution in [2.24, 2.45) is 0 Å². The molecule has 0 saturated heterocycles. The molecule has 0 aliphatic carbocycles. The highest BCUT2D eigenvalue weighted by atomic mass is 79.9. The Morgan fingerprint density at radius 3 is 2.32 bits per heavy atom.